The number of ether oxygens (including phenoxy) is 6. The molecule has 0 saturated carbocycles. The van der Waals surface area contributed by atoms with Gasteiger partial charge in [-0.2, -0.15) is 0 Å². The van der Waals surface area contributed by atoms with Crippen molar-refractivity contribution in [2.24, 2.45) is 11.8 Å². The van der Waals surface area contributed by atoms with Gasteiger partial charge < -0.3 is 43.7 Å². The smallest absolute Gasteiger partial charge is 0.453 e. The minimum absolute atomic E-state index is 0.0718. The fourth-order valence-corrected chi connectivity index (χ4v) is 8.90. The summed E-state index contributed by atoms with van der Waals surface area (Å²) in [5.41, 5.74) is -6.36. The molecule has 3 aliphatic heterocycles. The monoisotopic (exact) mass is 850 g/mol. The molecule has 1 unspecified atom stereocenters. The van der Waals surface area contributed by atoms with Gasteiger partial charge >= 0.3 is 18.2 Å². The molecule has 0 bridgehead atoms. The van der Waals surface area contributed by atoms with Crippen LogP contribution in [-0.2, 0) is 42.8 Å². The van der Waals surface area contributed by atoms with Crippen molar-refractivity contribution in [2.45, 2.75) is 134 Å². The molecular formula is C39H55FN6O12S. The van der Waals surface area contributed by atoms with Gasteiger partial charge in [0.15, 0.2) is 17.7 Å². The number of rotatable bonds is 9. The molecule has 2 aromatic heterocycles. The summed E-state index contributed by atoms with van der Waals surface area (Å²) < 4.78 is 51.7. The molecule has 326 valence electrons. The van der Waals surface area contributed by atoms with Crippen molar-refractivity contribution in [1.29, 1.82) is 0 Å². The summed E-state index contributed by atoms with van der Waals surface area (Å²) >= 11 is 1.30. The highest BCUT2D eigenvalue weighted by molar-refractivity contribution is 7.16. The number of halogens is 1. The van der Waals surface area contributed by atoms with Crippen LogP contribution in [0.1, 0.15) is 79.0 Å². The number of aliphatic hydroxyl groups excluding tert-OH is 1. The van der Waals surface area contributed by atoms with Crippen LogP contribution in [0.2, 0.25) is 0 Å². The number of alkyl carbamates (subject to hydrolysis) is 1. The second-order valence-electron chi connectivity index (χ2n) is 16.2. The largest absolute Gasteiger partial charge is 0.455 e. The van der Waals surface area contributed by atoms with E-state index in [1.54, 1.807) is 66.1 Å². The van der Waals surface area contributed by atoms with E-state index in [1.165, 1.54) is 25.4 Å². The quantitative estimate of drug-likeness (QED) is 0.209. The second kappa shape index (κ2) is 18.2. The standard InChI is InChI=1S/C39H55FN6O12S/c1-11-27-39(7)31(41-35(51)58-39)22(4)29(48)20(2)19-37(5,54-16-12-13-23-14-15-25(59-23)32-42-44-46(43-32)36(52)53-10)28(18-26(47)38(6,40)34(50)57-27)56-33-30(49)24(45(8)9)17-21(3)55-33/h12-15,20-22,24,27-28,30-31,33,49H,11,16-19H2,1-10H3,(H,41,51)/b13-12+/t20-,21-,22+,24+,27+,28-,30-,31-,33?,37+,38+,39-/m1/s1. The first-order valence-electron chi connectivity index (χ1n) is 19.6. The molecule has 0 spiro atoms. The van der Waals surface area contributed by atoms with Crippen molar-refractivity contribution in [2.75, 3.05) is 27.8 Å². The van der Waals surface area contributed by atoms with Crippen molar-refractivity contribution in [1.82, 2.24) is 30.4 Å². The molecule has 18 nitrogen and oxygen atoms in total. The Labute approximate surface area is 346 Å². The Balaban J connectivity index is 1.51. The fourth-order valence-electron chi connectivity index (χ4n) is 8.04. The SMILES string of the molecule is CC[C@@H]1OC(=O)[C@@](C)(F)C(=O)C[C@@H](OC2O[C@H](C)C[C@H](N(C)C)[C@H]2O)[C@@](C)(OC/C=C/c2ccc(-c3nnn(C(=O)OC)n3)s2)C[C@@H](C)C(=O)[C@H](C)[C@H]2NC(=O)O[C@]12C. The predicted octanol–water partition coefficient (Wildman–Crippen LogP) is 3.74. The van der Waals surface area contributed by atoms with Crippen LogP contribution in [0.5, 0.6) is 0 Å². The fraction of sp³-hybridized carbons (Fsp3) is 0.692. The van der Waals surface area contributed by atoms with Crippen molar-refractivity contribution >= 4 is 47.1 Å². The van der Waals surface area contributed by atoms with Gasteiger partial charge in [-0.3, -0.25) is 9.59 Å². The van der Waals surface area contributed by atoms with Crippen molar-refractivity contribution in [3.63, 3.8) is 0 Å². The molecule has 12 atom stereocenters. The van der Waals surface area contributed by atoms with Gasteiger partial charge in [-0.25, -0.2) is 18.8 Å². The summed E-state index contributed by atoms with van der Waals surface area (Å²) in [5.74, 6) is -4.49. The lowest BCUT2D eigenvalue weighted by molar-refractivity contribution is -0.291. The number of amides is 1. The van der Waals surface area contributed by atoms with Crippen LogP contribution in [-0.4, -0.2) is 147 Å². The van der Waals surface area contributed by atoms with E-state index in [9.17, 15) is 29.1 Å². The number of nitrogens with one attached hydrogen (secondary N) is 1. The minimum Gasteiger partial charge on any atom is -0.455 e. The minimum atomic E-state index is -3.20. The molecule has 3 aliphatic rings. The average molecular weight is 851 g/mol. The number of ketones is 2. The molecule has 3 fully saturated rings. The number of aliphatic hydroxyl groups is 1. The van der Waals surface area contributed by atoms with Gasteiger partial charge in [-0.15, -0.1) is 21.5 Å². The van der Waals surface area contributed by atoms with E-state index in [1.807, 2.05) is 11.8 Å². The van der Waals surface area contributed by atoms with Crippen LogP contribution >= 0.6 is 11.3 Å². The number of thiophene rings is 1. The van der Waals surface area contributed by atoms with Crippen LogP contribution < -0.4 is 5.32 Å². The summed E-state index contributed by atoms with van der Waals surface area (Å²) in [6.07, 6.45) is -3.98. The number of fused-ring (bicyclic) bond motifs is 1. The average Bonchev–Trinajstić information content (AvgIpc) is 3.94. The molecule has 59 heavy (non-hydrogen) atoms. The Morgan fingerprint density at radius 1 is 1.17 bits per heavy atom. The topological polar surface area (TPSA) is 220 Å². The maximum Gasteiger partial charge on any atom is 0.453 e. The number of hydrogen-bond donors (Lipinski definition) is 2. The maximum atomic E-state index is 16.7. The third kappa shape index (κ3) is 9.73. The van der Waals surface area contributed by atoms with Crippen molar-refractivity contribution < 1.29 is 61.9 Å². The van der Waals surface area contributed by atoms with Crippen molar-refractivity contribution in [3.05, 3.63) is 23.1 Å². The summed E-state index contributed by atoms with van der Waals surface area (Å²) in [4.78, 5) is 70.4. The Morgan fingerprint density at radius 3 is 2.54 bits per heavy atom. The molecule has 2 N–H and O–H groups in total. The molecule has 1 amide bonds. The number of cyclic esters (lactones) is 1. The van der Waals surface area contributed by atoms with E-state index in [4.69, 9.17) is 23.7 Å². The number of carbonyl (C=O) groups is 5. The molecule has 0 aliphatic carbocycles. The van der Waals surface area contributed by atoms with E-state index in [0.717, 1.165) is 16.6 Å². The molecular weight excluding hydrogens is 796 g/mol. The zero-order valence-corrected chi connectivity index (χ0v) is 35.8. The maximum absolute atomic E-state index is 16.7. The third-order valence-electron chi connectivity index (χ3n) is 11.5. The highest BCUT2D eigenvalue weighted by Gasteiger charge is 2.58. The summed E-state index contributed by atoms with van der Waals surface area (Å²) in [7, 11) is 4.79. The predicted molar refractivity (Wildman–Crippen MR) is 209 cm³/mol. The molecule has 5 heterocycles. The molecule has 2 aromatic rings. The number of aromatic nitrogens is 4. The van der Waals surface area contributed by atoms with E-state index < -0.39 is 95.8 Å². The van der Waals surface area contributed by atoms with Gasteiger partial charge in [0, 0.05) is 29.2 Å². The van der Waals surface area contributed by atoms with E-state index in [0.29, 0.717) is 11.3 Å². The highest BCUT2D eigenvalue weighted by Crippen LogP contribution is 2.40. The summed E-state index contributed by atoms with van der Waals surface area (Å²) in [5, 5.41) is 25.8. The highest BCUT2D eigenvalue weighted by atomic mass is 32.1. The van der Waals surface area contributed by atoms with Crippen LogP contribution in [0.4, 0.5) is 14.0 Å². The van der Waals surface area contributed by atoms with Gasteiger partial charge in [0.1, 0.15) is 18.0 Å². The van der Waals surface area contributed by atoms with Gasteiger partial charge in [-0.1, -0.05) is 31.6 Å². The molecule has 0 radical (unpaired) electrons. The zero-order chi connectivity index (χ0) is 43.6. The number of tetrazole rings is 1. The second-order valence-corrected chi connectivity index (χ2v) is 17.3. The number of Topliss-reactive ketones (excluding diaryl/α,β-unsaturated/α-hetero) is 2. The van der Waals surface area contributed by atoms with E-state index in [-0.39, 0.29) is 37.2 Å². The normalized spacial score (nSPS) is 36.2. The molecule has 0 aromatic carbocycles. The number of alkyl halides is 1. The number of carbonyl (C=O) groups excluding carboxylic acids is 5. The lowest BCUT2D eigenvalue weighted by atomic mass is 9.75. The van der Waals surface area contributed by atoms with Crippen LogP contribution in [0.25, 0.3) is 16.8 Å². The lowest BCUT2D eigenvalue weighted by Crippen LogP contribution is -2.60. The summed E-state index contributed by atoms with van der Waals surface area (Å²) in [6.45, 7) is 10.6. The van der Waals surface area contributed by atoms with Crippen LogP contribution in [0.3, 0.4) is 0 Å². The first-order chi connectivity index (χ1) is 27.6. The summed E-state index contributed by atoms with van der Waals surface area (Å²) in [6, 6.07) is 2.14. The van der Waals surface area contributed by atoms with Crippen molar-refractivity contribution in [3.8, 4) is 10.7 Å². The number of nitrogens with zero attached hydrogens (tertiary/aromatic N) is 5. The Bertz CT molecular complexity index is 1910. The lowest BCUT2D eigenvalue weighted by Gasteiger charge is -2.46. The third-order valence-corrected chi connectivity index (χ3v) is 12.6. The molecule has 20 heteroatoms. The van der Waals surface area contributed by atoms with Gasteiger partial charge in [0.05, 0.1) is 42.4 Å². The first kappa shape index (κ1) is 45.9. The Hall–Kier alpha value is -4.21. The Morgan fingerprint density at radius 2 is 1.88 bits per heavy atom. The zero-order valence-electron chi connectivity index (χ0n) is 35.0. The van der Waals surface area contributed by atoms with E-state index in [2.05, 4.69) is 25.5 Å². The molecule has 3 saturated heterocycles. The van der Waals surface area contributed by atoms with Gasteiger partial charge in [0.2, 0.25) is 5.82 Å². The number of hydrogen-bond acceptors (Lipinski definition) is 17. The van der Waals surface area contributed by atoms with E-state index >= 15 is 4.39 Å². The number of esters is 1. The van der Waals surface area contributed by atoms with Crippen LogP contribution in [0, 0.1) is 11.8 Å². The number of methoxy groups -OCH3 is 1. The number of likely N-dealkylation sites (N-methyl/N-ethyl adjacent to an activating group) is 1. The Kier molecular flexibility index (Phi) is 14.1. The first-order valence-corrected chi connectivity index (χ1v) is 20.4. The van der Waals surface area contributed by atoms with Gasteiger partial charge in [0.25, 0.3) is 5.67 Å². The molecule has 5 rings (SSSR count). The van der Waals surface area contributed by atoms with Crippen LogP contribution in [0.15, 0.2) is 18.2 Å². The van der Waals surface area contributed by atoms with Gasteiger partial charge in [-0.05, 0) is 84.5 Å².